The van der Waals surface area contributed by atoms with E-state index in [1.807, 2.05) is 0 Å². The number of para-hydroxylation sites is 1. The minimum absolute atomic E-state index is 0.0286. The molecular formula is C27H17Cl2F3N2O5. The van der Waals surface area contributed by atoms with E-state index in [1.54, 1.807) is 48.5 Å². The molecule has 39 heavy (non-hydrogen) atoms. The summed E-state index contributed by atoms with van der Waals surface area (Å²) in [5, 5.41) is 15.0. The summed E-state index contributed by atoms with van der Waals surface area (Å²) in [6.45, 7) is 0. The minimum atomic E-state index is -4.84. The molecule has 2 amide bonds. The first kappa shape index (κ1) is 27.6. The first-order valence-electron chi connectivity index (χ1n) is 11.0. The molecule has 0 atom stereocenters. The highest BCUT2D eigenvalue weighted by molar-refractivity contribution is 6.32. The van der Waals surface area contributed by atoms with Gasteiger partial charge in [0.25, 0.3) is 0 Å². The number of amides is 2. The maximum Gasteiger partial charge on any atom is 0.573 e. The summed E-state index contributed by atoms with van der Waals surface area (Å²) in [6.07, 6.45) is -4.84. The Morgan fingerprint density at radius 2 is 1.51 bits per heavy atom. The van der Waals surface area contributed by atoms with Crippen LogP contribution < -0.4 is 20.1 Å². The molecule has 0 radical (unpaired) electrons. The van der Waals surface area contributed by atoms with Gasteiger partial charge in [0.15, 0.2) is 5.75 Å². The second-order valence-corrected chi connectivity index (χ2v) is 8.77. The lowest BCUT2D eigenvalue weighted by Crippen LogP contribution is -2.20. The van der Waals surface area contributed by atoms with E-state index in [0.29, 0.717) is 21.9 Å². The molecule has 4 aromatic rings. The standard InChI is InChI=1S/C27H17Cl2F3N2O5/c28-18-12-16(11-17(13-18)25(35)36)15-5-10-24(38-23-4-2-1-3-21(23)29)22(14-15)34-26(37)33-19-6-8-20(9-7-19)39-27(30,31)32/h1-14H,(H,35,36)(H2,33,34,37). The average molecular weight is 577 g/mol. The Morgan fingerprint density at radius 1 is 0.795 bits per heavy atom. The van der Waals surface area contributed by atoms with Gasteiger partial charge in [0.1, 0.15) is 11.5 Å². The largest absolute Gasteiger partial charge is 0.573 e. The van der Waals surface area contributed by atoms with E-state index in [9.17, 15) is 27.9 Å². The summed E-state index contributed by atoms with van der Waals surface area (Å²) in [4.78, 5) is 24.3. The van der Waals surface area contributed by atoms with Gasteiger partial charge in [-0.3, -0.25) is 0 Å². The van der Waals surface area contributed by atoms with Crippen molar-refractivity contribution in [2.45, 2.75) is 6.36 Å². The van der Waals surface area contributed by atoms with Crippen molar-refractivity contribution in [2.75, 3.05) is 10.6 Å². The van der Waals surface area contributed by atoms with Crippen LogP contribution in [0.25, 0.3) is 11.1 Å². The number of urea groups is 1. The van der Waals surface area contributed by atoms with Gasteiger partial charge in [0, 0.05) is 10.7 Å². The number of anilines is 2. The molecular weight excluding hydrogens is 560 g/mol. The third-order valence-electron chi connectivity index (χ3n) is 5.11. The molecule has 0 unspecified atom stereocenters. The summed E-state index contributed by atoms with van der Waals surface area (Å²) >= 11 is 12.3. The van der Waals surface area contributed by atoms with E-state index in [1.165, 1.54) is 24.3 Å². The number of rotatable bonds is 7. The molecule has 0 aliphatic rings. The van der Waals surface area contributed by atoms with Crippen LogP contribution in [0.1, 0.15) is 10.4 Å². The highest BCUT2D eigenvalue weighted by Gasteiger charge is 2.31. The Bertz CT molecular complexity index is 1530. The number of benzene rings is 4. The number of hydrogen-bond acceptors (Lipinski definition) is 4. The Hall–Kier alpha value is -4.41. The molecule has 0 heterocycles. The van der Waals surface area contributed by atoms with Gasteiger partial charge in [-0.25, -0.2) is 9.59 Å². The molecule has 0 saturated carbocycles. The molecule has 0 aliphatic carbocycles. The number of carboxylic acids is 1. The van der Waals surface area contributed by atoms with Crippen molar-refractivity contribution < 1.29 is 37.3 Å². The van der Waals surface area contributed by atoms with Crippen LogP contribution >= 0.6 is 23.2 Å². The molecule has 0 fully saturated rings. The van der Waals surface area contributed by atoms with Crippen LogP contribution in [0.3, 0.4) is 0 Å². The molecule has 3 N–H and O–H groups in total. The van der Waals surface area contributed by atoms with E-state index in [4.69, 9.17) is 27.9 Å². The molecule has 0 spiro atoms. The van der Waals surface area contributed by atoms with Crippen LogP contribution in [0.2, 0.25) is 10.0 Å². The van der Waals surface area contributed by atoms with Crippen molar-refractivity contribution in [1.29, 1.82) is 0 Å². The summed E-state index contributed by atoms with van der Waals surface area (Å²) in [7, 11) is 0. The van der Waals surface area contributed by atoms with Gasteiger partial charge in [0.05, 0.1) is 16.3 Å². The van der Waals surface area contributed by atoms with Crippen molar-refractivity contribution in [2.24, 2.45) is 0 Å². The fourth-order valence-electron chi connectivity index (χ4n) is 3.45. The molecule has 4 rings (SSSR count). The molecule has 12 heteroatoms. The Kier molecular flexibility index (Phi) is 8.18. The van der Waals surface area contributed by atoms with Crippen LogP contribution in [-0.4, -0.2) is 23.5 Å². The maximum atomic E-state index is 12.8. The smallest absolute Gasteiger partial charge is 0.478 e. The zero-order chi connectivity index (χ0) is 28.2. The fourth-order valence-corrected chi connectivity index (χ4v) is 3.86. The number of carboxylic acid groups (broad SMARTS) is 1. The SMILES string of the molecule is O=C(Nc1ccc(OC(F)(F)F)cc1)Nc1cc(-c2cc(Cl)cc(C(=O)O)c2)ccc1Oc1ccccc1Cl. The average Bonchev–Trinajstić information content (AvgIpc) is 2.86. The minimum Gasteiger partial charge on any atom is -0.478 e. The number of nitrogens with one attached hydrogen (secondary N) is 2. The summed E-state index contributed by atoms with van der Waals surface area (Å²) in [5.41, 5.74) is 1.31. The molecule has 0 aliphatic heterocycles. The summed E-state index contributed by atoms with van der Waals surface area (Å²) in [6, 6.07) is 19.5. The lowest BCUT2D eigenvalue weighted by molar-refractivity contribution is -0.274. The number of hydrogen-bond donors (Lipinski definition) is 3. The van der Waals surface area contributed by atoms with Crippen molar-refractivity contribution in [1.82, 2.24) is 0 Å². The summed E-state index contributed by atoms with van der Waals surface area (Å²) in [5.74, 6) is -1.09. The van der Waals surface area contributed by atoms with Crippen LogP contribution in [0.15, 0.2) is 84.9 Å². The number of ether oxygens (including phenoxy) is 2. The van der Waals surface area contributed by atoms with E-state index in [-0.39, 0.29) is 27.7 Å². The predicted octanol–water partition coefficient (Wildman–Crippen LogP) is 8.69. The van der Waals surface area contributed by atoms with Crippen molar-refractivity contribution in [3.63, 3.8) is 0 Å². The second kappa shape index (κ2) is 11.5. The van der Waals surface area contributed by atoms with Crippen molar-refractivity contribution in [3.8, 4) is 28.4 Å². The number of carbonyl (C=O) groups is 2. The third kappa shape index (κ3) is 7.56. The molecule has 0 bridgehead atoms. The first-order chi connectivity index (χ1) is 18.5. The fraction of sp³-hybridized carbons (Fsp3) is 0.0370. The normalized spacial score (nSPS) is 11.0. The van der Waals surface area contributed by atoms with Crippen LogP contribution in [0.4, 0.5) is 29.3 Å². The highest BCUT2D eigenvalue weighted by Crippen LogP contribution is 2.37. The molecule has 4 aromatic carbocycles. The quantitative estimate of drug-likeness (QED) is 0.204. The predicted molar refractivity (Wildman–Crippen MR) is 141 cm³/mol. The van der Waals surface area contributed by atoms with Crippen LogP contribution in [0, 0.1) is 0 Å². The topological polar surface area (TPSA) is 96.9 Å². The van der Waals surface area contributed by atoms with Gasteiger partial charge in [-0.1, -0.05) is 41.4 Å². The third-order valence-corrected chi connectivity index (χ3v) is 5.64. The number of aromatic carboxylic acids is 1. The summed E-state index contributed by atoms with van der Waals surface area (Å²) < 4.78 is 46.9. The number of halogens is 5. The highest BCUT2D eigenvalue weighted by atomic mass is 35.5. The lowest BCUT2D eigenvalue weighted by Gasteiger charge is -2.16. The monoisotopic (exact) mass is 576 g/mol. The van der Waals surface area contributed by atoms with Gasteiger partial charge in [-0.2, -0.15) is 0 Å². The Labute approximate surface area is 229 Å². The molecule has 0 aromatic heterocycles. The van der Waals surface area contributed by atoms with Crippen molar-refractivity contribution >= 4 is 46.6 Å². The molecule has 200 valence electrons. The van der Waals surface area contributed by atoms with E-state index < -0.39 is 24.1 Å². The van der Waals surface area contributed by atoms with E-state index in [0.717, 1.165) is 12.1 Å². The van der Waals surface area contributed by atoms with Crippen LogP contribution in [-0.2, 0) is 0 Å². The van der Waals surface area contributed by atoms with E-state index >= 15 is 0 Å². The lowest BCUT2D eigenvalue weighted by atomic mass is 10.0. The zero-order valence-electron chi connectivity index (χ0n) is 19.6. The van der Waals surface area contributed by atoms with Crippen molar-refractivity contribution in [3.05, 3.63) is 101 Å². The number of carbonyl (C=O) groups excluding carboxylic acids is 1. The second-order valence-electron chi connectivity index (χ2n) is 7.93. The van der Waals surface area contributed by atoms with Gasteiger partial charge in [-0.15, -0.1) is 13.2 Å². The molecule has 7 nitrogen and oxygen atoms in total. The Morgan fingerprint density at radius 3 is 2.18 bits per heavy atom. The van der Waals surface area contributed by atoms with Crippen LogP contribution in [0.5, 0.6) is 17.2 Å². The first-order valence-corrected chi connectivity index (χ1v) is 11.8. The van der Waals surface area contributed by atoms with Gasteiger partial charge < -0.3 is 25.2 Å². The maximum absolute atomic E-state index is 12.8. The Balaban J connectivity index is 1.63. The van der Waals surface area contributed by atoms with Gasteiger partial charge >= 0.3 is 18.4 Å². The number of alkyl halides is 3. The molecule has 0 saturated heterocycles. The van der Waals surface area contributed by atoms with Gasteiger partial charge in [-0.05, 0) is 77.9 Å². The van der Waals surface area contributed by atoms with E-state index in [2.05, 4.69) is 15.4 Å². The zero-order valence-corrected chi connectivity index (χ0v) is 21.1. The van der Waals surface area contributed by atoms with Gasteiger partial charge in [0.2, 0.25) is 0 Å².